The van der Waals surface area contributed by atoms with E-state index in [1.165, 1.54) is 0 Å². The van der Waals surface area contributed by atoms with Crippen LogP contribution in [0.4, 0.5) is 4.39 Å². The van der Waals surface area contributed by atoms with Crippen molar-refractivity contribution in [2.45, 2.75) is 63.4 Å². The third-order valence-corrected chi connectivity index (χ3v) is 5.79. The Kier molecular flexibility index (Phi) is 6.51. The number of halogens is 1. The molecule has 0 N–H and O–H groups in total. The van der Waals surface area contributed by atoms with Crippen molar-refractivity contribution in [2.75, 3.05) is 13.3 Å². The second-order valence-corrected chi connectivity index (χ2v) is 8.07. The van der Waals surface area contributed by atoms with Gasteiger partial charge in [-0.25, -0.2) is 4.39 Å². The van der Waals surface area contributed by atoms with Crippen molar-refractivity contribution >= 4 is 0 Å². The minimum atomic E-state index is -1.28. The van der Waals surface area contributed by atoms with Gasteiger partial charge in [-0.1, -0.05) is 67.6 Å². The van der Waals surface area contributed by atoms with Crippen molar-refractivity contribution in [3.8, 4) is 0 Å². The summed E-state index contributed by atoms with van der Waals surface area (Å²) >= 11 is 0. The minimum Gasteiger partial charge on any atom is -0.374 e. The normalized spacial score (nSPS) is 33.0. The molecule has 4 rings (SSSR count). The van der Waals surface area contributed by atoms with Crippen LogP contribution in [-0.2, 0) is 36.9 Å². The Bertz CT molecular complexity index is 804. The third kappa shape index (κ3) is 4.43. The molecule has 162 valence electrons. The van der Waals surface area contributed by atoms with Crippen LogP contribution < -0.4 is 0 Å². The van der Waals surface area contributed by atoms with Gasteiger partial charge in [-0.2, -0.15) is 0 Å². The summed E-state index contributed by atoms with van der Waals surface area (Å²) in [4.78, 5) is 0. The first kappa shape index (κ1) is 21.4. The van der Waals surface area contributed by atoms with Gasteiger partial charge in [0, 0.05) is 0 Å². The summed E-state index contributed by atoms with van der Waals surface area (Å²) in [5, 5.41) is 0. The Hall–Kier alpha value is -1.83. The van der Waals surface area contributed by atoms with Crippen LogP contribution in [0.1, 0.15) is 31.4 Å². The average molecular weight is 416 g/mol. The molecule has 5 nitrogen and oxygen atoms in total. The van der Waals surface area contributed by atoms with Gasteiger partial charge in [-0.15, -0.1) is 0 Å². The zero-order valence-electron chi connectivity index (χ0n) is 17.5. The molecular formula is C24H29FO5. The van der Waals surface area contributed by atoms with Gasteiger partial charge in [0.15, 0.2) is 17.7 Å². The molecule has 2 aromatic rings. The smallest absolute Gasteiger partial charge is 0.190 e. The largest absolute Gasteiger partial charge is 0.374 e. The van der Waals surface area contributed by atoms with Gasteiger partial charge in [0.2, 0.25) is 0 Å². The van der Waals surface area contributed by atoms with E-state index in [0.29, 0.717) is 19.6 Å². The molecular weight excluding hydrogens is 387 g/mol. The van der Waals surface area contributed by atoms with Crippen molar-refractivity contribution in [3.63, 3.8) is 0 Å². The Labute approximate surface area is 177 Å². The molecule has 0 saturated carbocycles. The molecule has 2 heterocycles. The molecule has 2 fully saturated rings. The predicted octanol–water partition coefficient (Wildman–Crippen LogP) is 4.39. The van der Waals surface area contributed by atoms with Crippen LogP contribution >= 0.6 is 0 Å². The van der Waals surface area contributed by atoms with E-state index in [4.69, 9.17) is 23.7 Å². The number of benzene rings is 2. The van der Waals surface area contributed by atoms with Crippen molar-refractivity contribution in [2.24, 2.45) is 0 Å². The Morgan fingerprint density at radius 3 is 2.13 bits per heavy atom. The Morgan fingerprint density at radius 1 is 0.900 bits per heavy atom. The van der Waals surface area contributed by atoms with E-state index in [0.717, 1.165) is 11.1 Å². The van der Waals surface area contributed by atoms with Gasteiger partial charge in [-0.3, -0.25) is 0 Å². The lowest BCUT2D eigenvalue weighted by Crippen LogP contribution is -2.51. The predicted molar refractivity (Wildman–Crippen MR) is 109 cm³/mol. The summed E-state index contributed by atoms with van der Waals surface area (Å²) in [5.74, 6) is -0.767. The van der Waals surface area contributed by atoms with Crippen LogP contribution in [0.5, 0.6) is 0 Å². The molecule has 0 spiro atoms. The highest BCUT2D eigenvalue weighted by Crippen LogP contribution is 2.45. The molecule has 0 amide bonds. The minimum absolute atomic E-state index is 0.0421. The molecule has 6 heteroatoms. The van der Waals surface area contributed by atoms with E-state index in [2.05, 4.69) is 0 Å². The lowest BCUT2D eigenvalue weighted by atomic mass is 9.97. The second-order valence-electron chi connectivity index (χ2n) is 8.07. The quantitative estimate of drug-likeness (QED) is 0.607. The molecule has 0 radical (unpaired) electrons. The first-order valence-electron chi connectivity index (χ1n) is 10.4. The lowest BCUT2D eigenvalue weighted by Gasteiger charge is -2.35. The van der Waals surface area contributed by atoms with E-state index >= 15 is 0 Å². The fourth-order valence-electron chi connectivity index (χ4n) is 3.93. The second kappa shape index (κ2) is 9.12. The molecule has 0 aromatic heterocycles. The van der Waals surface area contributed by atoms with Gasteiger partial charge < -0.3 is 23.7 Å². The SMILES string of the molecule is CCC1(C)OC2O[C@](CF)(COCc3ccccc3)C(OCc3ccccc3)C2O1. The summed E-state index contributed by atoms with van der Waals surface area (Å²) in [5.41, 5.74) is 0.724. The zero-order chi connectivity index (χ0) is 21.0. The van der Waals surface area contributed by atoms with Crippen LogP contribution in [0, 0.1) is 0 Å². The zero-order valence-corrected chi connectivity index (χ0v) is 17.5. The highest BCUT2D eigenvalue weighted by Gasteiger charge is 2.63. The van der Waals surface area contributed by atoms with Crippen LogP contribution in [-0.4, -0.2) is 43.2 Å². The van der Waals surface area contributed by atoms with Crippen molar-refractivity contribution in [1.29, 1.82) is 0 Å². The highest BCUT2D eigenvalue weighted by atomic mass is 19.1. The Balaban J connectivity index is 1.49. The fraction of sp³-hybridized carbons (Fsp3) is 0.500. The molecule has 4 unspecified atom stereocenters. The van der Waals surface area contributed by atoms with Gasteiger partial charge in [0.1, 0.15) is 18.9 Å². The summed E-state index contributed by atoms with van der Waals surface area (Å²) in [6, 6.07) is 19.5. The van der Waals surface area contributed by atoms with E-state index in [1.54, 1.807) is 0 Å². The van der Waals surface area contributed by atoms with Gasteiger partial charge in [0.05, 0.1) is 19.8 Å². The maximum absolute atomic E-state index is 14.4. The molecule has 5 atom stereocenters. The molecule has 2 aromatic carbocycles. The monoisotopic (exact) mass is 416 g/mol. The topological polar surface area (TPSA) is 46.2 Å². The summed E-state index contributed by atoms with van der Waals surface area (Å²) in [7, 11) is 0. The van der Waals surface area contributed by atoms with Crippen LogP contribution in [0.2, 0.25) is 0 Å². The van der Waals surface area contributed by atoms with Crippen LogP contribution in [0.25, 0.3) is 0 Å². The number of alkyl halides is 1. The van der Waals surface area contributed by atoms with Crippen molar-refractivity contribution < 1.29 is 28.1 Å². The number of fused-ring (bicyclic) bond motifs is 1. The first-order valence-corrected chi connectivity index (χ1v) is 10.4. The number of hydrogen-bond acceptors (Lipinski definition) is 5. The average Bonchev–Trinajstić information content (AvgIpc) is 3.24. The molecule has 2 aliphatic heterocycles. The third-order valence-electron chi connectivity index (χ3n) is 5.79. The fourth-order valence-corrected chi connectivity index (χ4v) is 3.93. The molecule has 0 bridgehead atoms. The highest BCUT2D eigenvalue weighted by molar-refractivity contribution is 5.15. The van der Waals surface area contributed by atoms with Crippen LogP contribution in [0.3, 0.4) is 0 Å². The number of rotatable bonds is 9. The maximum Gasteiger partial charge on any atom is 0.190 e. The van der Waals surface area contributed by atoms with Crippen molar-refractivity contribution in [3.05, 3.63) is 71.8 Å². The van der Waals surface area contributed by atoms with E-state index in [-0.39, 0.29) is 6.61 Å². The standard InChI is InChI=1S/C24H29FO5/c1-3-23(2)28-20-21(27-15-19-12-8-5-9-13-19)24(16-25,30-22(20)29-23)17-26-14-18-10-6-4-7-11-18/h4-13,20-22H,3,14-17H2,1-2H3/t20?,21?,22?,23?,24-/m1/s1. The molecule has 2 saturated heterocycles. The van der Waals surface area contributed by atoms with E-state index in [9.17, 15) is 4.39 Å². The van der Waals surface area contributed by atoms with Gasteiger partial charge in [-0.05, 0) is 24.5 Å². The van der Waals surface area contributed by atoms with Gasteiger partial charge >= 0.3 is 0 Å². The summed E-state index contributed by atoms with van der Waals surface area (Å²) in [6.07, 6.45) is -1.21. The summed E-state index contributed by atoms with van der Waals surface area (Å²) in [6.45, 7) is 3.81. The lowest BCUT2D eigenvalue weighted by molar-refractivity contribution is -0.264. The Morgan fingerprint density at radius 2 is 1.53 bits per heavy atom. The maximum atomic E-state index is 14.4. The summed E-state index contributed by atoms with van der Waals surface area (Å²) < 4.78 is 44.7. The molecule has 2 aliphatic rings. The van der Waals surface area contributed by atoms with Crippen molar-refractivity contribution in [1.82, 2.24) is 0 Å². The first-order chi connectivity index (χ1) is 14.6. The number of hydrogen-bond donors (Lipinski definition) is 0. The number of ether oxygens (including phenoxy) is 5. The van der Waals surface area contributed by atoms with Crippen LogP contribution in [0.15, 0.2) is 60.7 Å². The van der Waals surface area contributed by atoms with E-state index in [1.807, 2.05) is 74.5 Å². The van der Waals surface area contributed by atoms with Gasteiger partial charge in [0.25, 0.3) is 0 Å². The molecule has 30 heavy (non-hydrogen) atoms. The van der Waals surface area contributed by atoms with E-state index < -0.39 is 36.6 Å². The molecule has 0 aliphatic carbocycles.